The Hall–Kier alpha value is -0.770. The zero-order valence-corrected chi connectivity index (χ0v) is 12.0. The molecule has 4 nitrogen and oxygen atoms in total. The van der Waals surface area contributed by atoms with Gasteiger partial charge in [0.15, 0.2) is 0 Å². The molecule has 1 heterocycles. The van der Waals surface area contributed by atoms with Crippen LogP contribution < -0.4 is 5.73 Å². The highest BCUT2D eigenvalue weighted by molar-refractivity contribution is 5.68. The Morgan fingerprint density at radius 1 is 1.29 bits per heavy atom. The lowest BCUT2D eigenvalue weighted by Gasteiger charge is -2.23. The molecule has 4 heteroatoms. The molecule has 0 aromatic carbocycles. The lowest BCUT2D eigenvalue weighted by molar-refractivity contribution is 0.0295. The fraction of sp³-hybridized carbons (Fsp3) is 0.923. The lowest BCUT2D eigenvalue weighted by Crippen LogP contribution is -2.34. The molecule has 0 aromatic heterocycles. The van der Waals surface area contributed by atoms with E-state index in [0.717, 1.165) is 32.5 Å². The minimum atomic E-state index is -0.361. The van der Waals surface area contributed by atoms with E-state index in [1.54, 1.807) is 4.90 Å². The third-order valence-electron chi connectivity index (χ3n) is 2.23. The van der Waals surface area contributed by atoms with E-state index in [0.29, 0.717) is 5.92 Å². The van der Waals surface area contributed by atoms with Gasteiger partial charge in [-0.05, 0) is 46.1 Å². The first-order valence-corrected chi connectivity index (χ1v) is 6.44. The predicted octanol–water partition coefficient (Wildman–Crippen LogP) is 2.62. The van der Waals surface area contributed by atoms with Gasteiger partial charge >= 0.3 is 6.09 Å². The molecule has 1 saturated heterocycles. The average Bonchev–Trinajstić information content (AvgIpc) is 2.68. The number of ether oxygens (including phenoxy) is 1. The minimum Gasteiger partial charge on any atom is -0.444 e. The molecule has 0 atom stereocenters. The highest BCUT2D eigenvalue weighted by Crippen LogP contribution is 2.14. The summed E-state index contributed by atoms with van der Waals surface area (Å²) in [5.74, 6) is 0.662. The van der Waals surface area contributed by atoms with Gasteiger partial charge in [-0.1, -0.05) is 13.8 Å². The quantitative estimate of drug-likeness (QED) is 0.771. The highest BCUT2D eigenvalue weighted by atomic mass is 16.6. The Kier molecular flexibility index (Phi) is 7.19. The second kappa shape index (κ2) is 7.54. The maximum absolute atomic E-state index is 11.4. The standard InChI is InChI=1S/C9H17NO2.C4H11N/c1-9(2,3)12-8(11)10-6-4-5-7-10;1-4(2)3-5/h4-7H2,1-3H3;4H,3,5H2,1-2H3. The van der Waals surface area contributed by atoms with Crippen LogP contribution in [0, 0.1) is 5.92 Å². The van der Waals surface area contributed by atoms with E-state index < -0.39 is 0 Å². The second-order valence-electron chi connectivity index (χ2n) is 5.80. The molecule has 1 amide bonds. The van der Waals surface area contributed by atoms with Crippen molar-refractivity contribution in [3.63, 3.8) is 0 Å². The lowest BCUT2D eigenvalue weighted by atomic mass is 10.2. The number of hydrogen-bond donors (Lipinski definition) is 1. The molecule has 0 bridgehead atoms. The van der Waals surface area contributed by atoms with E-state index in [1.165, 1.54) is 0 Å². The molecular formula is C13H28N2O2. The summed E-state index contributed by atoms with van der Waals surface area (Å²) in [4.78, 5) is 13.1. The molecule has 0 radical (unpaired) electrons. The van der Waals surface area contributed by atoms with E-state index in [-0.39, 0.29) is 11.7 Å². The van der Waals surface area contributed by atoms with Crippen molar-refractivity contribution in [2.24, 2.45) is 11.7 Å². The topological polar surface area (TPSA) is 55.6 Å². The zero-order valence-electron chi connectivity index (χ0n) is 12.0. The number of hydrogen-bond acceptors (Lipinski definition) is 3. The van der Waals surface area contributed by atoms with Crippen LogP contribution in [0.2, 0.25) is 0 Å². The number of nitrogens with two attached hydrogens (primary N) is 1. The summed E-state index contributed by atoms with van der Waals surface area (Å²) in [6.45, 7) is 12.4. The Labute approximate surface area is 105 Å². The van der Waals surface area contributed by atoms with E-state index in [4.69, 9.17) is 10.5 Å². The van der Waals surface area contributed by atoms with Gasteiger partial charge in [0.1, 0.15) is 5.60 Å². The molecular weight excluding hydrogens is 216 g/mol. The van der Waals surface area contributed by atoms with Crippen molar-refractivity contribution in [3.05, 3.63) is 0 Å². The van der Waals surface area contributed by atoms with Crippen molar-refractivity contribution in [1.82, 2.24) is 4.90 Å². The van der Waals surface area contributed by atoms with E-state index in [1.807, 2.05) is 20.8 Å². The molecule has 1 fully saturated rings. The van der Waals surface area contributed by atoms with Gasteiger partial charge in [0, 0.05) is 13.1 Å². The Bertz CT molecular complexity index is 216. The van der Waals surface area contributed by atoms with E-state index >= 15 is 0 Å². The third-order valence-corrected chi connectivity index (χ3v) is 2.23. The molecule has 1 aliphatic rings. The van der Waals surface area contributed by atoms with Gasteiger partial charge in [-0.2, -0.15) is 0 Å². The van der Waals surface area contributed by atoms with Crippen LogP contribution in [0.1, 0.15) is 47.5 Å². The highest BCUT2D eigenvalue weighted by Gasteiger charge is 2.23. The average molecular weight is 244 g/mol. The van der Waals surface area contributed by atoms with Gasteiger partial charge < -0.3 is 15.4 Å². The first-order chi connectivity index (χ1) is 7.76. The Morgan fingerprint density at radius 2 is 1.71 bits per heavy atom. The first-order valence-electron chi connectivity index (χ1n) is 6.44. The van der Waals surface area contributed by atoms with Crippen LogP contribution in [0.4, 0.5) is 4.79 Å². The zero-order chi connectivity index (χ0) is 13.5. The SMILES string of the molecule is CC(C)(C)OC(=O)N1CCCC1.CC(C)CN. The van der Waals surface area contributed by atoms with Crippen molar-refractivity contribution >= 4 is 6.09 Å². The molecule has 1 aliphatic heterocycles. The van der Waals surface area contributed by atoms with Crippen LogP contribution in [0.5, 0.6) is 0 Å². The summed E-state index contributed by atoms with van der Waals surface area (Å²) >= 11 is 0. The summed E-state index contributed by atoms with van der Waals surface area (Å²) in [5, 5.41) is 0. The van der Waals surface area contributed by atoms with Gasteiger partial charge in [0.25, 0.3) is 0 Å². The normalized spacial score (nSPS) is 15.6. The molecule has 0 unspecified atom stereocenters. The van der Waals surface area contributed by atoms with Crippen molar-refractivity contribution in [3.8, 4) is 0 Å². The molecule has 0 saturated carbocycles. The molecule has 0 spiro atoms. The monoisotopic (exact) mass is 244 g/mol. The van der Waals surface area contributed by atoms with Crippen LogP contribution in [-0.4, -0.2) is 36.2 Å². The van der Waals surface area contributed by atoms with Crippen LogP contribution in [0.15, 0.2) is 0 Å². The van der Waals surface area contributed by atoms with Gasteiger partial charge in [0.05, 0.1) is 0 Å². The fourth-order valence-electron chi connectivity index (χ4n) is 1.23. The number of likely N-dealkylation sites (tertiary alicyclic amines) is 1. The number of amides is 1. The molecule has 102 valence electrons. The summed E-state index contributed by atoms with van der Waals surface area (Å²) in [6.07, 6.45) is 2.05. The van der Waals surface area contributed by atoms with Gasteiger partial charge in [0.2, 0.25) is 0 Å². The van der Waals surface area contributed by atoms with Crippen molar-refractivity contribution in [2.45, 2.75) is 53.1 Å². The maximum atomic E-state index is 11.4. The molecule has 0 aromatic rings. The maximum Gasteiger partial charge on any atom is 0.410 e. The molecule has 17 heavy (non-hydrogen) atoms. The summed E-state index contributed by atoms with van der Waals surface area (Å²) in [7, 11) is 0. The molecule has 0 aliphatic carbocycles. The van der Waals surface area contributed by atoms with Gasteiger partial charge in [-0.3, -0.25) is 0 Å². The van der Waals surface area contributed by atoms with Crippen LogP contribution in [0.3, 0.4) is 0 Å². The molecule has 1 rings (SSSR count). The Balaban J connectivity index is 0.000000437. The minimum absolute atomic E-state index is 0.167. The first kappa shape index (κ1) is 16.2. The van der Waals surface area contributed by atoms with Crippen LogP contribution in [0.25, 0.3) is 0 Å². The number of nitrogens with zero attached hydrogens (tertiary/aromatic N) is 1. The number of rotatable bonds is 1. The van der Waals surface area contributed by atoms with Crippen LogP contribution >= 0.6 is 0 Å². The smallest absolute Gasteiger partial charge is 0.410 e. The van der Waals surface area contributed by atoms with Gasteiger partial charge in [-0.15, -0.1) is 0 Å². The molecule has 2 N–H and O–H groups in total. The van der Waals surface area contributed by atoms with Crippen molar-refractivity contribution in [2.75, 3.05) is 19.6 Å². The van der Waals surface area contributed by atoms with Crippen LogP contribution in [-0.2, 0) is 4.74 Å². The third kappa shape index (κ3) is 8.98. The van der Waals surface area contributed by atoms with E-state index in [2.05, 4.69) is 13.8 Å². The summed E-state index contributed by atoms with van der Waals surface area (Å²) in [6, 6.07) is 0. The summed E-state index contributed by atoms with van der Waals surface area (Å²) < 4.78 is 5.21. The van der Waals surface area contributed by atoms with Crippen molar-refractivity contribution in [1.29, 1.82) is 0 Å². The number of carbonyl (C=O) groups is 1. The second-order valence-corrected chi connectivity index (χ2v) is 5.80. The van der Waals surface area contributed by atoms with E-state index in [9.17, 15) is 4.79 Å². The number of carbonyl (C=O) groups excluding carboxylic acids is 1. The van der Waals surface area contributed by atoms with Gasteiger partial charge in [-0.25, -0.2) is 4.79 Å². The predicted molar refractivity (Wildman–Crippen MR) is 70.9 cm³/mol. The largest absolute Gasteiger partial charge is 0.444 e. The summed E-state index contributed by atoms with van der Waals surface area (Å²) in [5.41, 5.74) is 4.81. The Morgan fingerprint density at radius 3 is 2.00 bits per heavy atom. The fourth-order valence-corrected chi connectivity index (χ4v) is 1.23. The van der Waals surface area contributed by atoms with Crippen molar-refractivity contribution < 1.29 is 9.53 Å².